The number of halogens is 2. The van der Waals surface area contributed by atoms with Gasteiger partial charge in [0.05, 0.1) is 24.2 Å². The molecule has 0 fully saturated rings. The van der Waals surface area contributed by atoms with Gasteiger partial charge in [-0.15, -0.1) is 0 Å². The van der Waals surface area contributed by atoms with Gasteiger partial charge in [0.1, 0.15) is 0 Å². The van der Waals surface area contributed by atoms with Crippen LogP contribution in [0.5, 0.6) is 0 Å². The number of esters is 1. The van der Waals surface area contributed by atoms with Gasteiger partial charge >= 0.3 is 5.97 Å². The second-order valence-electron chi connectivity index (χ2n) is 3.07. The Hall–Kier alpha value is -1.19. The van der Waals surface area contributed by atoms with Crippen LogP contribution in [0.15, 0.2) is 18.2 Å². The summed E-state index contributed by atoms with van der Waals surface area (Å²) in [5.41, 5.74) is 6.86. The van der Waals surface area contributed by atoms with Gasteiger partial charge in [0.2, 0.25) is 0 Å². The lowest BCUT2D eigenvalue weighted by Crippen LogP contribution is -1.97. The summed E-state index contributed by atoms with van der Waals surface area (Å²) in [6, 6.07) is 3.24. The van der Waals surface area contributed by atoms with Crippen molar-refractivity contribution < 1.29 is 9.53 Å². The summed E-state index contributed by atoms with van der Waals surface area (Å²) in [5.74, 6) is -0.317. The summed E-state index contributed by atoms with van der Waals surface area (Å²) >= 11 is 11.7. The predicted molar refractivity (Wildman–Crippen MR) is 66.5 cm³/mol. The van der Waals surface area contributed by atoms with E-state index in [1.165, 1.54) is 7.11 Å². The number of benzene rings is 1. The van der Waals surface area contributed by atoms with Gasteiger partial charge in [-0.05, 0) is 12.1 Å². The average Bonchev–Trinajstić information content (AvgIpc) is 2.24. The van der Waals surface area contributed by atoms with E-state index < -0.39 is 0 Å². The number of hydrogen-bond donors (Lipinski definition) is 1. The van der Waals surface area contributed by atoms with E-state index in [0.717, 1.165) is 0 Å². The monoisotopic (exact) mass is 259 g/mol. The van der Waals surface area contributed by atoms with Crippen LogP contribution in [-0.2, 0) is 9.53 Å². The Morgan fingerprint density at radius 3 is 2.81 bits per heavy atom. The Bertz CT molecular complexity index is 430. The highest BCUT2D eigenvalue weighted by atomic mass is 35.5. The van der Waals surface area contributed by atoms with Gasteiger partial charge in [-0.2, -0.15) is 0 Å². The van der Waals surface area contributed by atoms with E-state index in [9.17, 15) is 4.79 Å². The first kappa shape index (κ1) is 12.9. The maximum absolute atomic E-state index is 10.9. The largest absolute Gasteiger partial charge is 0.469 e. The molecule has 0 atom stereocenters. The van der Waals surface area contributed by atoms with Crippen LogP contribution in [0.1, 0.15) is 12.0 Å². The molecule has 0 aromatic heterocycles. The maximum Gasteiger partial charge on any atom is 0.309 e. The maximum atomic E-state index is 10.9. The van der Waals surface area contributed by atoms with Crippen LogP contribution in [0.25, 0.3) is 6.08 Å². The van der Waals surface area contributed by atoms with E-state index in [0.29, 0.717) is 21.3 Å². The van der Waals surface area contributed by atoms with Crippen molar-refractivity contribution in [1.29, 1.82) is 0 Å². The fraction of sp³-hybridized carbons (Fsp3) is 0.182. The summed E-state index contributed by atoms with van der Waals surface area (Å²) in [7, 11) is 1.33. The van der Waals surface area contributed by atoms with Crippen molar-refractivity contribution in [2.24, 2.45) is 0 Å². The Labute approximate surface area is 104 Å². The SMILES string of the molecule is COC(=O)CC=Cc1cc(Cl)cc(Cl)c1N. The Morgan fingerprint density at radius 2 is 2.19 bits per heavy atom. The van der Waals surface area contributed by atoms with Gasteiger partial charge < -0.3 is 10.5 Å². The zero-order valence-electron chi connectivity index (χ0n) is 8.67. The Balaban J connectivity index is 2.85. The fourth-order valence-electron chi connectivity index (χ4n) is 1.11. The summed E-state index contributed by atoms with van der Waals surface area (Å²) < 4.78 is 4.49. The molecule has 0 radical (unpaired) electrons. The number of nitrogens with two attached hydrogens (primary N) is 1. The van der Waals surface area contributed by atoms with Gasteiger partial charge in [0.15, 0.2) is 0 Å². The zero-order chi connectivity index (χ0) is 12.1. The lowest BCUT2D eigenvalue weighted by atomic mass is 10.1. The third-order valence-electron chi connectivity index (χ3n) is 1.94. The normalized spacial score (nSPS) is 10.7. The molecule has 16 heavy (non-hydrogen) atoms. The highest BCUT2D eigenvalue weighted by Gasteiger charge is 2.03. The number of anilines is 1. The number of hydrogen-bond acceptors (Lipinski definition) is 3. The van der Waals surface area contributed by atoms with E-state index in [4.69, 9.17) is 28.9 Å². The third kappa shape index (κ3) is 3.43. The second kappa shape index (κ2) is 5.77. The van der Waals surface area contributed by atoms with Crippen molar-refractivity contribution >= 4 is 40.9 Å². The van der Waals surface area contributed by atoms with Crippen molar-refractivity contribution in [3.8, 4) is 0 Å². The van der Waals surface area contributed by atoms with Crippen LogP contribution in [-0.4, -0.2) is 13.1 Å². The van der Waals surface area contributed by atoms with Crippen molar-refractivity contribution in [2.45, 2.75) is 6.42 Å². The molecule has 0 amide bonds. The van der Waals surface area contributed by atoms with Crippen molar-refractivity contribution in [1.82, 2.24) is 0 Å². The quantitative estimate of drug-likeness (QED) is 0.670. The lowest BCUT2D eigenvalue weighted by molar-refractivity contribution is -0.139. The minimum atomic E-state index is -0.317. The van der Waals surface area contributed by atoms with Crippen LogP contribution in [0.2, 0.25) is 10.0 Å². The minimum Gasteiger partial charge on any atom is -0.469 e. The number of ether oxygens (including phenoxy) is 1. The number of rotatable bonds is 3. The molecule has 2 N–H and O–H groups in total. The molecule has 0 aliphatic carbocycles. The molecule has 0 aliphatic rings. The first-order valence-corrected chi connectivity index (χ1v) is 5.28. The molecular weight excluding hydrogens is 249 g/mol. The number of nitrogen functional groups attached to an aromatic ring is 1. The first-order chi connectivity index (χ1) is 7.54. The number of carbonyl (C=O) groups is 1. The van der Waals surface area contributed by atoms with Crippen LogP contribution in [0, 0.1) is 0 Å². The highest BCUT2D eigenvalue weighted by molar-refractivity contribution is 6.36. The van der Waals surface area contributed by atoms with E-state index in [1.54, 1.807) is 24.3 Å². The van der Waals surface area contributed by atoms with Crippen molar-refractivity contribution in [3.05, 3.63) is 33.8 Å². The fourth-order valence-corrected chi connectivity index (χ4v) is 1.62. The molecule has 5 heteroatoms. The molecule has 0 bridgehead atoms. The summed E-state index contributed by atoms with van der Waals surface area (Å²) in [5, 5.41) is 0.891. The van der Waals surface area contributed by atoms with Gasteiger partial charge in [-0.1, -0.05) is 35.4 Å². The van der Waals surface area contributed by atoms with E-state index in [-0.39, 0.29) is 12.4 Å². The van der Waals surface area contributed by atoms with Crippen molar-refractivity contribution in [2.75, 3.05) is 12.8 Å². The first-order valence-electron chi connectivity index (χ1n) is 4.52. The van der Waals surface area contributed by atoms with E-state index in [1.807, 2.05) is 0 Å². The zero-order valence-corrected chi connectivity index (χ0v) is 10.2. The molecule has 1 rings (SSSR count). The third-order valence-corrected chi connectivity index (χ3v) is 2.47. The smallest absolute Gasteiger partial charge is 0.309 e. The molecule has 0 unspecified atom stereocenters. The molecule has 86 valence electrons. The number of carbonyl (C=O) groups excluding carboxylic acids is 1. The van der Waals surface area contributed by atoms with Gasteiger partial charge in [0.25, 0.3) is 0 Å². The molecule has 1 aromatic carbocycles. The van der Waals surface area contributed by atoms with Gasteiger partial charge in [-0.25, -0.2) is 0 Å². The van der Waals surface area contributed by atoms with Gasteiger partial charge in [-0.3, -0.25) is 4.79 Å². The number of methoxy groups -OCH3 is 1. The molecule has 3 nitrogen and oxygen atoms in total. The second-order valence-corrected chi connectivity index (χ2v) is 3.92. The van der Waals surface area contributed by atoms with Crippen LogP contribution < -0.4 is 5.73 Å². The Kier molecular flexibility index (Phi) is 4.65. The van der Waals surface area contributed by atoms with E-state index in [2.05, 4.69) is 4.74 Å². The average molecular weight is 260 g/mol. The molecule has 0 aliphatic heterocycles. The molecule has 1 aromatic rings. The Morgan fingerprint density at radius 1 is 1.50 bits per heavy atom. The minimum absolute atomic E-state index is 0.181. The summed E-state index contributed by atoms with van der Waals surface area (Å²) in [6.45, 7) is 0. The lowest BCUT2D eigenvalue weighted by Gasteiger charge is -2.03. The topological polar surface area (TPSA) is 52.3 Å². The summed E-state index contributed by atoms with van der Waals surface area (Å²) in [4.78, 5) is 10.9. The molecule has 0 saturated carbocycles. The highest BCUT2D eigenvalue weighted by Crippen LogP contribution is 2.28. The molecule has 0 heterocycles. The van der Waals surface area contributed by atoms with E-state index >= 15 is 0 Å². The van der Waals surface area contributed by atoms with Crippen LogP contribution in [0.4, 0.5) is 5.69 Å². The standard InChI is InChI=1S/C11H11Cl2NO2/c1-16-10(15)4-2-3-7-5-8(12)6-9(13)11(7)14/h2-3,5-6H,4,14H2,1H3. The van der Waals surface area contributed by atoms with Crippen LogP contribution >= 0.6 is 23.2 Å². The van der Waals surface area contributed by atoms with Gasteiger partial charge in [0, 0.05) is 10.6 Å². The molecule has 0 spiro atoms. The van der Waals surface area contributed by atoms with Crippen LogP contribution in [0.3, 0.4) is 0 Å². The molecule has 0 saturated heterocycles. The summed E-state index contributed by atoms with van der Waals surface area (Å²) in [6.07, 6.45) is 3.51. The predicted octanol–water partition coefficient (Wildman–Crippen LogP) is 3.15. The van der Waals surface area contributed by atoms with Crippen molar-refractivity contribution in [3.63, 3.8) is 0 Å². The molecular formula is C11H11Cl2NO2.